The van der Waals surface area contributed by atoms with Gasteiger partial charge in [0.05, 0.1) is 12.1 Å². The van der Waals surface area contributed by atoms with Crippen molar-refractivity contribution in [1.82, 2.24) is 16.2 Å². The Bertz CT molecular complexity index is 491. The van der Waals surface area contributed by atoms with Crippen molar-refractivity contribution < 1.29 is 14.3 Å². The van der Waals surface area contributed by atoms with E-state index in [1.165, 1.54) is 6.42 Å². The van der Waals surface area contributed by atoms with Gasteiger partial charge < -0.3 is 14.8 Å². The topological polar surface area (TPSA) is 71.6 Å². The molecule has 6 heteroatoms. The van der Waals surface area contributed by atoms with Gasteiger partial charge in [0.2, 0.25) is 5.91 Å². The highest BCUT2D eigenvalue weighted by molar-refractivity contribution is 5.82. The smallest absolute Gasteiger partial charge is 0.238 e. The number of carbonyl (C=O) groups excluding carboxylic acids is 1. The van der Waals surface area contributed by atoms with Crippen molar-refractivity contribution in [3.05, 3.63) is 30.3 Å². The molecule has 6 nitrogen and oxygen atoms in total. The van der Waals surface area contributed by atoms with Crippen LogP contribution in [-0.4, -0.2) is 43.9 Å². The number of rotatable bonds is 6. The van der Waals surface area contributed by atoms with Crippen molar-refractivity contribution in [3.63, 3.8) is 0 Å². The van der Waals surface area contributed by atoms with Gasteiger partial charge in [-0.25, -0.2) is 5.43 Å². The van der Waals surface area contributed by atoms with Crippen LogP contribution in [0.2, 0.25) is 0 Å². The van der Waals surface area contributed by atoms with Gasteiger partial charge in [-0.15, -0.1) is 0 Å². The molecule has 0 radical (unpaired) electrons. The van der Waals surface area contributed by atoms with Gasteiger partial charge in [0.1, 0.15) is 18.4 Å². The molecule has 1 aromatic rings. The van der Waals surface area contributed by atoms with E-state index in [1.807, 2.05) is 30.3 Å². The lowest BCUT2D eigenvalue weighted by Gasteiger charge is -2.23. The van der Waals surface area contributed by atoms with Gasteiger partial charge >= 0.3 is 0 Å². The Labute approximate surface area is 136 Å². The van der Waals surface area contributed by atoms with Gasteiger partial charge in [0.15, 0.2) is 0 Å². The highest BCUT2D eigenvalue weighted by atomic mass is 16.5. The quantitative estimate of drug-likeness (QED) is 0.729. The standard InChI is InChI=1S/C17H25N3O3/c21-17(18-11-15-8-4-5-9-22-15)16-10-13(19-20-16)12-23-14-6-2-1-3-7-14/h1-3,6-7,13,15-16,19-20H,4-5,8-12H2,(H,18,21). The van der Waals surface area contributed by atoms with Crippen molar-refractivity contribution in [1.29, 1.82) is 0 Å². The highest BCUT2D eigenvalue weighted by Crippen LogP contribution is 2.13. The van der Waals surface area contributed by atoms with Crippen LogP contribution in [0.4, 0.5) is 0 Å². The summed E-state index contributed by atoms with van der Waals surface area (Å²) in [5.74, 6) is 0.866. The summed E-state index contributed by atoms with van der Waals surface area (Å²) in [6.07, 6.45) is 4.22. The third-order valence-electron chi connectivity index (χ3n) is 4.27. The third-order valence-corrected chi connectivity index (χ3v) is 4.27. The fraction of sp³-hybridized carbons (Fsp3) is 0.588. The SMILES string of the molecule is O=C(NCC1CCCCO1)C1CC(COc2ccccc2)NN1. The second kappa shape index (κ2) is 8.29. The Hall–Kier alpha value is -1.63. The van der Waals surface area contributed by atoms with Crippen LogP contribution in [-0.2, 0) is 9.53 Å². The van der Waals surface area contributed by atoms with Crippen molar-refractivity contribution in [2.45, 2.75) is 43.9 Å². The van der Waals surface area contributed by atoms with Crippen molar-refractivity contribution in [3.8, 4) is 5.75 Å². The normalized spacial score (nSPS) is 27.6. The molecule has 1 amide bonds. The molecular weight excluding hydrogens is 294 g/mol. The van der Waals surface area contributed by atoms with Crippen LogP contribution in [0.1, 0.15) is 25.7 Å². The first-order chi connectivity index (χ1) is 11.3. The highest BCUT2D eigenvalue weighted by Gasteiger charge is 2.30. The second-order valence-corrected chi connectivity index (χ2v) is 6.13. The Morgan fingerprint density at radius 1 is 1.26 bits per heavy atom. The van der Waals surface area contributed by atoms with E-state index < -0.39 is 0 Å². The largest absolute Gasteiger partial charge is 0.492 e. The number of nitrogens with one attached hydrogen (secondary N) is 3. The van der Waals surface area contributed by atoms with E-state index >= 15 is 0 Å². The van der Waals surface area contributed by atoms with Crippen molar-refractivity contribution >= 4 is 5.91 Å². The molecule has 0 spiro atoms. The van der Waals surface area contributed by atoms with E-state index in [4.69, 9.17) is 9.47 Å². The molecule has 3 N–H and O–H groups in total. The van der Waals surface area contributed by atoms with Crippen molar-refractivity contribution in [2.24, 2.45) is 0 Å². The van der Waals surface area contributed by atoms with Gasteiger partial charge in [-0.1, -0.05) is 18.2 Å². The number of hydrogen-bond acceptors (Lipinski definition) is 5. The van der Waals surface area contributed by atoms with E-state index in [0.717, 1.165) is 25.2 Å². The first-order valence-corrected chi connectivity index (χ1v) is 8.39. The Balaban J connectivity index is 1.36. The Morgan fingerprint density at radius 2 is 2.13 bits per heavy atom. The Kier molecular flexibility index (Phi) is 5.85. The maximum atomic E-state index is 12.2. The molecule has 126 valence electrons. The minimum Gasteiger partial charge on any atom is -0.492 e. The Morgan fingerprint density at radius 3 is 2.91 bits per heavy atom. The van der Waals surface area contributed by atoms with Crippen LogP contribution in [0.25, 0.3) is 0 Å². The number of carbonyl (C=O) groups is 1. The lowest BCUT2D eigenvalue weighted by Crippen LogP contribution is -2.46. The third kappa shape index (κ3) is 4.92. The second-order valence-electron chi connectivity index (χ2n) is 6.13. The molecule has 3 unspecified atom stereocenters. The molecule has 3 atom stereocenters. The molecule has 0 aromatic heterocycles. The zero-order chi connectivity index (χ0) is 15.9. The minimum atomic E-state index is -0.219. The summed E-state index contributed by atoms with van der Waals surface area (Å²) in [7, 11) is 0. The molecular formula is C17H25N3O3. The van der Waals surface area contributed by atoms with E-state index in [1.54, 1.807) is 0 Å². The molecule has 2 fully saturated rings. The first-order valence-electron chi connectivity index (χ1n) is 8.39. The molecule has 3 rings (SSSR count). The zero-order valence-corrected chi connectivity index (χ0v) is 13.3. The fourth-order valence-corrected chi connectivity index (χ4v) is 2.92. The van der Waals surface area contributed by atoms with Crippen molar-refractivity contribution in [2.75, 3.05) is 19.8 Å². The number of ether oxygens (including phenoxy) is 2. The molecule has 1 aromatic carbocycles. The maximum absolute atomic E-state index is 12.2. The van der Waals surface area contributed by atoms with Crippen LogP contribution in [0.5, 0.6) is 5.75 Å². The lowest BCUT2D eigenvalue weighted by atomic mass is 10.1. The van der Waals surface area contributed by atoms with E-state index in [-0.39, 0.29) is 24.1 Å². The average molecular weight is 319 g/mol. The van der Waals surface area contributed by atoms with Gasteiger partial charge in [-0.3, -0.25) is 10.2 Å². The molecule has 0 bridgehead atoms. The number of amides is 1. The molecule has 2 aliphatic rings. The van der Waals surface area contributed by atoms with Crippen LogP contribution in [0.15, 0.2) is 30.3 Å². The first kappa shape index (κ1) is 16.2. The van der Waals surface area contributed by atoms with E-state index in [0.29, 0.717) is 19.6 Å². The van der Waals surface area contributed by atoms with Gasteiger partial charge in [0.25, 0.3) is 0 Å². The summed E-state index contributed by atoms with van der Waals surface area (Å²) >= 11 is 0. The van der Waals surface area contributed by atoms with Crippen LogP contribution in [0, 0.1) is 0 Å². The molecule has 2 saturated heterocycles. The maximum Gasteiger partial charge on any atom is 0.238 e. The lowest BCUT2D eigenvalue weighted by molar-refractivity contribution is -0.123. The van der Waals surface area contributed by atoms with Gasteiger partial charge in [-0.05, 0) is 37.8 Å². The van der Waals surface area contributed by atoms with Gasteiger partial charge in [0, 0.05) is 13.2 Å². The molecule has 2 aliphatic heterocycles. The average Bonchev–Trinajstić information content (AvgIpc) is 3.09. The number of para-hydroxylation sites is 1. The number of benzene rings is 1. The van der Waals surface area contributed by atoms with Gasteiger partial charge in [-0.2, -0.15) is 0 Å². The number of hydrazine groups is 1. The summed E-state index contributed by atoms with van der Waals surface area (Å²) in [6, 6.07) is 9.60. The monoisotopic (exact) mass is 319 g/mol. The minimum absolute atomic E-state index is 0.0221. The van der Waals surface area contributed by atoms with E-state index in [2.05, 4.69) is 16.2 Å². The summed E-state index contributed by atoms with van der Waals surface area (Å²) in [6.45, 7) is 1.94. The predicted octanol–water partition coefficient (Wildman–Crippen LogP) is 0.986. The zero-order valence-electron chi connectivity index (χ0n) is 13.3. The predicted molar refractivity (Wildman–Crippen MR) is 87.0 cm³/mol. The summed E-state index contributed by atoms with van der Waals surface area (Å²) in [5, 5.41) is 2.98. The number of hydrogen-bond donors (Lipinski definition) is 3. The summed E-state index contributed by atoms with van der Waals surface area (Å²) in [4.78, 5) is 12.2. The van der Waals surface area contributed by atoms with Crippen LogP contribution < -0.4 is 20.9 Å². The molecule has 2 heterocycles. The molecule has 0 saturated carbocycles. The van der Waals surface area contributed by atoms with Crippen LogP contribution in [0.3, 0.4) is 0 Å². The fourth-order valence-electron chi connectivity index (χ4n) is 2.92. The molecule has 23 heavy (non-hydrogen) atoms. The van der Waals surface area contributed by atoms with E-state index in [9.17, 15) is 4.79 Å². The molecule has 0 aliphatic carbocycles. The van der Waals surface area contributed by atoms with Crippen LogP contribution >= 0.6 is 0 Å². The summed E-state index contributed by atoms with van der Waals surface area (Å²) < 4.78 is 11.3. The summed E-state index contributed by atoms with van der Waals surface area (Å²) in [5.41, 5.74) is 6.18.